The summed E-state index contributed by atoms with van der Waals surface area (Å²) in [6.45, 7) is 2.70. The minimum absolute atomic E-state index is 0.180. The summed E-state index contributed by atoms with van der Waals surface area (Å²) in [5.41, 5.74) is 0.570. The van der Waals surface area contributed by atoms with E-state index in [4.69, 9.17) is 21.1 Å². The van der Waals surface area contributed by atoms with E-state index in [-0.39, 0.29) is 12.0 Å². The van der Waals surface area contributed by atoms with Crippen LogP contribution in [-0.4, -0.2) is 41.5 Å². The predicted octanol–water partition coefficient (Wildman–Crippen LogP) is 3.51. The molecule has 25 heavy (non-hydrogen) atoms. The molecule has 0 radical (unpaired) electrons. The number of benzene rings is 1. The van der Waals surface area contributed by atoms with Gasteiger partial charge in [0.25, 0.3) is 0 Å². The molecule has 1 aromatic rings. The normalized spacial score (nSPS) is 30.2. The zero-order valence-electron chi connectivity index (χ0n) is 14.4. The maximum Gasteiger partial charge on any atom is 0.410 e. The zero-order chi connectivity index (χ0) is 18.1. The summed E-state index contributed by atoms with van der Waals surface area (Å²) in [7, 11) is 1.31. The van der Waals surface area contributed by atoms with Crippen LogP contribution in [-0.2, 0) is 20.9 Å². The number of hydrogen-bond donors (Lipinski definition) is 0. The molecule has 0 N–H and O–H groups in total. The molecule has 0 saturated carbocycles. The highest BCUT2D eigenvalue weighted by Crippen LogP contribution is 2.50. The van der Waals surface area contributed by atoms with Crippen LogP contribution in [0.5, 0.6) is 0 Å². The van der Waals surface area contributed by atoms with Gasteiger partial charge < -0.3 is 9.47 Å². The second-order valence-electron chi connectivity index (χ2n) is 6.72. The van der Waals surface area contributed by atoms with Crippen molar-refractivity contribution in [2.75, 3.05) is 13.7 Å². The number of nitrogens with zero attached hydrogens (tertiary/aromatic N) is 1. The summed E-state index contributed by atoms with van der Waals surface area (Å²) >= 11 is 6.67. The van der Waals surface area contributed by atoms with Gasteiger partial charge in [-0.2, -0.15) is 0 Å². The lowest BCUT2D eigenvalue weighted by Crippen LogP contribution is -2.66. The monoisotopic (exact) mass is 363 g/mol. The van der Waals surface area contributed by atoms with Crippen molar-refractivity contribution in [3.05, 3.63) is 48.0 Å². The minimum atomic E-state index is -1.27. The number of alkyl halides is 1. The quantitative estimate of drug-likeness (QED) is 0.466. The number of rotatable bonds is 4. The highest BCUT2D eigenvalue weighted by molar-refractivity contribution is 6.35. The number of carbonyl (C=O) groups excluding carboxylic acids is 2. The van der Waals surface area contributed by atoms with Gasteiger partial charge in [-0.25, -0.2) is 4.79 Å². The molecule has 1 aliphatic carbocycles. The number of carbonyl (C=O) groups is 2. The average Bonchev–Trinajstić information content (AvgIpc) is 2.66. The van der Waals surface area contributed by atoms with Crippen molar-refractivity contribution in [1.82, 2.24) is 4.90 Å². The molecule has 0 spiro atoms. The van der Waals surface area contributed by atoms with E-state index < -0.39 is 23.0 Å². The van der Waals surface area contributed by atoms with Crippen molar-refractivity contribution >= 4 is 23.7 Å². The van der Waals surface area contributed by atoms with E-state index in [0.29, 0.717) is 13.0 Å². The van der Waals surface area contributed by atoms with Crippen molar-refractivity contribution in [3.8, 4) is 0 Å². The lowest BCUT2D eigenvalue weighted by molar-refractivity contribution is -0.148. The van der Waals surface area contributed by atoms with Gasteiger partial charge in [-0.05, 0) is 18.4 Å². The number of methoxy groups -OCH3 is 1. The van der Waals surface area contributed by atoms with E-state index >= 15 is 0 Å². The Kier molecular flexibility index (Phi) is 4.78. The van der Waals surface area contributed by atoms with E-state index in [1.54, 1.807) is 4.90 Å². The van der Waals surface area contributed by atoms with E-state index in [9.17, 15) is 9.59 Å². The number of amides is 1. The summed E-state index contributed by atoms with van der Waals surface area (Å²) in [5, 5.41) is 0. The van der Waals surface area contributed by atoms with Crippen LogP contribution in [0.25, 0.3) is 0 Å². The Morgan fingerprint density at radius 2 is 2.04 bits per heavy atom. The molecule has 5 nitrogen and oxygen atoms in total. The number of halogens is 1. The molecule has 2 aliphatic heterocycles. The maximum absolute atomic E-state index is 12.7. The van der Waals surface area contributed by atoms with E-state index in [2.05, 4.69) is 6.08 Å². The summed E-state index contributed by atoms with van der Waals surface area (Å²) in [4.78, 5) is 25.3. The van der Waals surface area contributed by atoms with Crippen LogP contribution >= 0.6 is 11.6 Å². The van der Waals surface area contributed by atoms with Crippen molar-refractivity contribution in [3.63, 3.8) is 0 Å². The Morgan fingerprint density at radius 1 is 1.32 bits per heavy atom. The molecule has 3 atom stereocenters. The van der Waals surface area contributed by atoms with Crippen LogP contribution < -0.4 is 0 Å². The molecule has 6 heteroatoms. The first-order valence-electron chi connectivity index (χ1n) is 8.38. The first-order valence-corrected chi connectivity index (χ1v) is 8.76. The average molecular weight is 364 g/mol. The van der Waals surface area contributed by atoms with E-state index in [0.717, 1.165) is 12.0 Å². The van der Waals surface area contributed by atoms with Gasteiger partial charge in [-0.15, -0.1) is 11.6 Å². The smallest absolute Gasteiger partial charge is 0.410 e. The van der Waals surface area contributed by atoms with Crippen LogP contribution in [0.3, 0.4) is 0 Å². The molecule has 3 unspecified atom stereocenters. The molecule has 1 saturated heterocycles. The molecule has 1 aromatic carbocycles. The van der Waals surface area contributed by atoms with Gasteiger partial charge in [0.2, 0.25) is 0 Å². The molecular formula is C19H22ClNO4. The first kappa shape index (κ1) is 17.8. The summed E-state index contributed by atoms with van der Waals surface area (Å²) < 4.78 is 10.4. The third kappa shape index (κ3) is 3.13. The Bertz CT molecular complexity index is 692. The summed E-state index contributed by atoms with van der Waals surface area (Å²) in [6, 6.07) is 8.90. The number of piperidine rings is 1. The molecule has 3 aliphatic rings. The van der Waals surface area contributed by atoms with Crippen LogP contribution in [0.15, 0.2) is 42.5 Å². The fraction of sp³-hybridized carbons (Fsp3) is 0.474. The zero-order valence-corrected chi connectivity index (χ0v) is 15.2. The highest BCUT2D eigenvalue weighted by atomic mass is 35.5. The first-order chi connectivity index (χ1) is 11.9. The second-order valence-corrected chi connectivity index (χ2v) is 7.39. The second kappa shape index (κ2) is 6.71. The predicted molar refractivity (Wildman–Crippen MR) is 94.2 cm³/mol. The lowest BCUT2D eigenvalue weighted by atomic mass is 9.65. The van der Waals surface area contributed by atoms with Gasteiger partial charge in [-0.1, -0.05) is 49.4 Å². The number of ether oxygens (including phenoxy) is 2. The standard InChI is InChI=1S/C19H22ClNO4/c1-3-18-10-9-15(19(20,12-18)16(22)24-2)21(13-18)17(23)25-11-14-7-5-4-6-8-14/h4-10,15H,3,11-13H2,1-2H3. The fourth-order valence-electron chi connectivity index (χ4n) is 3.72. The Balaban J connectivity index is 1.80. The van der Waals surface area contributed by atoms with Crippen LogP contribution in [0.1, 0.15) is 25.3 Å². The molecule has 1 fully saturated rings. The van der Waals surface area contributed by atoms with Gasteiger partial charge in [0, 0.05) is 12.0 Å². The van der Waals surface area contributed by atoms with Crippen LogP contribution in [0.4, 0.5) is 4.79 Å². The topological polar surface area (TPSA) is 55.8 Å². The van der Waals surface area contributed by atoms with Crippen molar-refractivity contribution in [1.29, 1.82) is 0 Å². The lowest BCUT2D eigenvalue weighted by Gasteiger charge is -2.54. The van der Waals surface area contributed by atoms with Gasteiger partial charge >= 0.3 is 12.1 Å². The molecule has 4 rings (SSSR count). The SMILES string of the molecule is CCC12C=CC(N(C(=O)OCc3ccccc3)C1)C(Cl)(C(=O)OC)C2. The maximum atomic E-state index is 12.7. The molecule has 1 amide bonds. The Morgan fingerprint density at radius 3 is 2.68 bits per heavy atom. The fourth-order valence-corrected chi connectivity index (χ4v) is 4.25. The Hall–Kier alpha value is -2.01. The molecular weight excluding hydrogens is 342 g/mol. The number of hydrogen-bond acceptors (Lipinski definition) is 4. The van der Waals surface area contributed by atoms with Gasteiger partial charge in [0.1, 0.15) is 6.61 Å². The molecule has 2 bridgehead atoms. The van der Waals surface area contributed by atoms with Crippen LogP contribution in [0, 0.1) is 5.41 Å². The van der Waals surface area contributed by atoms with Crippen molar-refractivity contribution < 1.29 is 19.1 Å². The van der Waals surface area contributed by atoms with Gasteiger partial charge in [-0.3, -0.25) is 9.69 Å². The number of fused-ring (bicyclic) bond motifs is 2. The van der Waals surface area contributed by atoms with Gasteiger partial charge in [0.05, 0.1) is 13.2 Å². The third-order valence-electron chi connectivity index (χ3n) is 5.20. The largest absolute Gasteiger partial charge is 0.468 e. The molecule has 134 valence electrons. The molecule has 2 heterocycles. The van der Waals surface area contributed by atoms with Gasteiger partial charge in [0.15, 0.2) is 4.87 Å². The summed E-state index contributed by atoms with van der Waals surface area (Å²) in [6.07, 6.45) is 4.66. The van der Waals surface area contributed by atoms with E-state index in [1.807, 2.05) is 43.3 Å². The van der Waals surface area contributed by atoms with E-state index in [1.165, 1.54) is 7.11 Å². The number of esters is 1. The molecule has 0 aromatic heterocycles. The summed E-state index contributed by atoms with van der Waals surface area (Å²) in [5.74, 6) is -0.512. The van der Waals surface area contributed by atoms with Crippen molar-refractivity contribution in [2.45, 2.75) is 37.3 Å². The highest BCUT2D eigenvalue weighted by Gasteiger charge is 2.59. The third-order valence-corrected chi connectivity index (χ3v) is 5.71. The van der Waals surface area contributed by atoms with Crippen LogP contribution in [0.2, 0.25) is 0 Å². The minimum Gasteiger partial charge on any atom is -0.468 e. The Labute approximate surface area is 152 Å². The van der Waals surface area contributed by atoms with Crippen molar-refractivity contribution in [2.24, 2.45) is 5.41 Å².